The summed E-state index contributed by atoms with van der Waals surface area (Å²) in [5, 5.41) is 5.41. The summed E-state index contributed by atoms with van der Waals surface area (Å²) in [5.41, 5.74) is 0.643. The molecule has 24 heavy (non-hydrogen) atoms. The number of hydrogen-bond donors (Lipinski definition) is 2. The zero-order valence-electron chi connectivity index (χ0n) is 13.8. The minimum atomic E-state index is -0.471. The van der Waals surface area contributed by atoms with Crippen LogP contribution < -0.4 is 10.6 Å². The Balaban J connectivity index is 1.51. The summed E-state index contributed by atoms with van der Waals surface area (Å²) in [6, 6.07) is 4.26. The van der Waals surface area contributed by atoms with E-state index >= 15 is 0 Å². The Morgan fingerprint density at radius 1 is 1.00 bits per heavy atom. The maximum Gasteiger partial charge on any atom is 0.228 e. The van der Waals surface area contributed by atoms with Crippen molar-refractivity contribution in [2.75, 3.05) is 10.6 Å². The van der Waals surface area contributed by atoms with E-state index in [0.29, 0.717) is 17.5 Å². The van der Waals surface area contributed by atoms with E-state index in [-0.39, 0.29) is 23.4 Å². The Bertz CT molecular complexity index is 660. The number of amides is 2. The lowest BCUT2D eigenvalue weighted by molar-refractivity contribution is -0.132. The van der Waals surface area contributed by atoms with Gasteiger partial charge >= 0.3 is 0 Å². The second kappa shape index (κ2) is 5.87. The Hall–Kier alpha value is -1.91. The van der Waals surface area contributed by atoms with E-state index in [9.17, 15) is 14.0 Å². The molecule has 0 heterocycles. The predicted octanol–water partition coefficient (Wildman–Crippen LogP) is 3.79. The lowest BCUT2D eigenvalue weighted by Crippen LogP contribution is -2.49. The van der Waals surface area contributed by atoms with E-state index in [0.717, 1.165) is 37.5 Å². The van der Waals surface area contributed by atoms with E-state index in [4.69, 9.17) is 0 Å². The number of rotatable bonds is 3. The molecule has 4 nitrogen and oxygen atoms in total. The Kier molecular flexibility index (Phi) is 3.82. The highest BCUT2D eigenvalue weighted by Gasteiger charge is 2.50. The molecule has 5 heteroatoms. The zero-order valence-corrected chi connectivity index (χ0v) is 13.8. The lowest BCUT2D eigenvalue weighted by Gasteiger charge is -2.53. The molecule has 1 aromatic carbocycles. The molecule has 5 rings (SSSR count). The molecule has 4 aliphatic carbocycles. The molecule has 4 saturated carbocycles. The highest BCUT2D eigenvalue weighted by Crippen LogP contribution is 2.56. The summed E-state index contributed by atoms with van der Waals surface area (Å²) in [6.45, 7) is 1.40. The summed E-state index contributed by atoms with van der Waals surface area (Å²) in [5.74, 6) is 1.80. The Morgan fingerprint density at radius 3 is 2.21 bits per heavy atom. The van der Waals surface area contributed by atoms with Crippen LogP contribution in [0.4, 0.5) is 15.8 Å². The van der Waals surface area contributed by atoms with Crippen LogP contribution in [0, 0.1) is 35.4 Å². The van der Waals surface area contributed by atoms with Crippen LogP contribution in [-0.4, -0.2) is 11.8 Å². The van der Waals surface area contributed by atoms with Gasteiger partial charge in [-0.25, -0.2) is 4.39 Å². The van der Waals surface area contributed by atoms with Crippen molar-refractivity contribution in [1.82, 2.24) is 0 Å². The molecular formula is C19H23FN2O2. The van der Waals surface area contributed by atoms with Gasteiger partial charge in [-0.05, 0) is 74.0 Å². The molecule has 1 aromatic rings. The molecule has 128 valence electrons. The summed E-state index contributed by atoms with van der Waals surface area (Å²) in [7, 11) is 0. The molecule has 0 saturated heterocycles. The highest BCUT2D eigenvalue weighted by molar-refractivity contribution is 5.95. The first-order chi connectivity index (χ1) is 11.5. The minimum absolute atomic E-state index is 0.0154. The molecule has 4 fully saturated rings. The first kappa shape index (κ1) is 15.6. The molecular weight excluding hydrogens is 307 g/mol. The van der Waals surface area contributed by atoms with Crippen LogP contribution in [0.5, 0.6) is 0 Å². The van der Waals surface area contributed by atoms with Crippen LogP contribution >= 0.6 is 0 Å². The van der Waals surface area contributed by atoms with Gasteiger partial charge in [-0.15, -0.1) is 0 Å². The van der Waals surface area contributed by atoms with Gasteiger partial charge in [0.15, 0.2) is 0 Å². The molecule has 4 aliphatic rings. The van der Waals surface area contributed by atoms with Crippen molar-refractivity contribution in [2.24, 2.45) is 29.6 Å². The van der Waals surface area contributed by atoms with Crippen molar-refractivity contribution in [3.8, 4) is 0 Å². The lowest BCUT2D eigenvalue weighted by atomic mass is 9.51. The molecule has 0 radical (unpaired) electrons. The standard InChI is InChI=1S/C19H23FN2O2/c1-10(23)21-15-2-3-16(20)17(9-15)22-19(24)18-13-5-11-4-12(7-13)8-14(18)6-11/h2-3,9,11-14,18H,4-8H2,1H3,(H,21,23)(H,22,24). The SMILES string of the molecule is CC(=O)Nc1ccc(F)c(NC(=O)C2C3CC4CC(C3)CC2C4)c1. The van der Waals surface area contributed by atoms with Gasteiger partial charge in [0.25, 0.3) is 0 Å². The van der Waals surface area contributed by atoms with Gasteiger partial charge in [-0.2, -0.15) is 0 Å². The van der Waals surface area contributed by atoms with Gasteiger partial charge < -0.3 is 10.6 Å². The second-order valence-electron chi connectivity index (χ2n) is 7.82. The highest BCUT2D eigenvalue weighted by atomic mass is 19.1. The largest absolute Gasteiger partial charge is 0.326 e. The van der Waals surface area contributed by atoms with Gasteiger partial charge in [-0.3, -0.25) is 9.59 Å². The van der Waals surface area contributed by atoms with Crippen LogP contribution in [-0.2, 0) is 9.59 Å². The third kappa shape index (κ3) is 2.80. The van der Waals surface area contributed by atoms with Crippen LogP contribution in [0.1, 0.15) is 39.0 Å². The smallest absolute Gasteiger partial charge is 0.228 e. The van der Waals surface area contributed by atoms with Crippen LogP contribution in [0.15, 0.2) is 18.2 Å². The van der Waals surface area contributed by atoms with Crippen molar-refractivity contribution in [2.45, 2.75) is 39.0 Å². The molecule has 0 aliphatic heterocycles. The quantitative estimate of drug-likeness (QED) is 0.886. The first-order valence-electron chi connectivity index (χ1n) is 8.87. The summed E-state index contributed by atoms with van der Waals surface area (Å²) >= 11 is 0. The zero-order chi connectivity index (χ0) is 16.8. The molecule has 2 amide bonds. The third-order valence-electron chi connectivity index (χ3n) is 6.07. The fourth-order valence-electron chi connectivity index (χ4n) is 5.47. The number of halogens is 1. The Labute approximate surface area is 141 Å². The maximum absolute atomic E-state index is 14.1. The van der Waals surface area contributed by atoms with Crippen LogP contribution in [0.3, 0.4) is 0 Å². The number of benzene rings is 1. The average molecular weight is 330 g/mol. The van der Waals surface area contributed by atoms with Crippen molar-refractivity contribution < 1.29 is 14.0 Å². The maximum atomic E-state index is 14.1. The minimum Gasteiger partial charge on any atom is -0.326 e. The van der Waals surface area contributed by atoms with E-state index in [1.54, 1.807) is 0 Å². The summed E-state index contributed by atoms with van der Waals surface area (Å²) < 4.78 is 14.1. The number of anilines is 2. The molecule has 0 atom stereocenters. The monoisotopic (exact) mass is 330 g/mol. The second-order valence-corrected chi connectivity index (χ2v) is 7.82. The fraction of sp³-hybridized carbons (Fsp3) is 0.579. The Morgan fingerprint density at radius 2 is 1.62 bits per heavy atom. The fourth-order valence-corrected chi connectivity index (χ4v) is 5.47. The molecule has 0 unspecified atom stereocenters. The third-order valence-corrected chi connectivity index (χ3v) is 6.07. The molecule has 0 aromatic heterocycles. The number of hydrogen-bond acceptors (Lipinski definition) is 2. The van der Waals surface area contributed by atoms with Crippen molar-refractivity contribution in [3.05, 3.63) is 24.0 Å². The van der Waals surface area contributed by atoms with Crippen LogP contribution in [0.2, 0.25) is 0 Å². The average Bonchev–Trinajstić information content (AvgIpc) is 2.49. The number of carbonyl (C=O) groups excluding carboxylic acids is 2. The normalized spacial score (nSPS) is 33.3. The van der Waals surface area contributed by atoms with Crippen molar-refractivity contribution in [1.29, 1.82) is 0 Å². The summed E-state index contributed by atoms with van der Waals surface area (Å²) in [6.07, 6.45) is 5.95. The van der Waals surface area contributed by atoms with Gasteiger partial charge in [0, 0.05) is 18.5 Å². The van der Waals surface area contributed by atoms with Gasteiger partial charge in [-0.1, -0.05) is 0 Å². The van der Waals surface area contributed by atoms with E-state index in [1.807, 2.05) is 0 Å². The van der Waals surface area contributed by atoms with E-state index in [1.165, 1.54) is 31.5 Å². The van der Waals surface area contributed by atoms with Crippen molar-refractivity contribution >= 4 is 23.2 Å². The number of carbonyl (C=O) groups is 2. The molecule has 0 spiro atoms. The van der Waals surface area contributed by atoms with Gasteiger partial charge in [0.05, 0.1) is 5.69 Å². The van der Waals surface area contributed by atoms with E-state index < -0.39 is 5.82 Å². The van der Waals surface area contributed by atoms with E-state index in [2.05, 4.69) is 10.6 Å². The predicted molar refractivity (Wildman–Crippen MR) is 89.9 cm³/mol. The van der Waals surface area contributed by atoms with Gasteiger partial charge in [0.1, 0.15) is 5.82 Å². The summed E-state index contributed by atoms with van der Waals surface area (Å²) in [4.78, 5) is 24.0. The molecule has 2 N–H and O–H groups in total. The number of nitrogens with one attached hydrogen (secondary N) is 2. The molecule has 4 bridgehead atoms. The topological polar surface area (TPSA) is 58.2 Å². The van der Waals surface area contributed by atoms with Crippen molar-refractivity contribution in [3.63, 3.8) is 0 Å². The van der Waals surface area contributed by atoms with Gasteiger partial charge in [0.2, 0.25) is 11.8 Å². The first-order valence-corrected chi connectivity index (χ1v) is 8.87. The van der Waals surface area contributed by atoms with Crippen LogP contribution in [0.25, 0.3) is 0 Å².